The van der Waals surface area contributed by atoms with Crippen molar-refractivity contribution in [2.45, 2.75) is 20.4 Å². The number of methoxy groups -OCH3 is 2. The number of carbonyl (C=O) groups is 1. The van der Waals surface area contributed by atoms with Crippen LogP contribution in [0.25, 0.3) is 11.5 Å². The molecule has 0 aliphatic heterocycles. The number of carbonyl (C=O) groups excluding carboxylic acids is 1. The van der Waals surface area contributed by atoms with Gasteiger partial charge in [-0.1, -0.05) is 29.5 Å². The zero-order valence-electron chi connectivity index (χ0n) is 18.2. The van der Waals surface area contributed by atoms with Crippen molar-refractivity contribution in [1.29, 1.82) is 0 Å². The van der Waals surface area contributed by atoms with Crippen LogP contribution in [0.1, 0.15) is 27.6 Å². The van der Waals surface area contributed by atoms with Crippen LogP contribution in [-0.2, 0) is 6.54 Å². The third-order valence-corrected chi connectivity index (χ3v) is 5.05. The molecule has 0 radical (unpaired) electrons. The van der Waals surface area contributed by atoms with Crippen molar-refractivity contribution in [2.75, 3.05) is 19.5 Å². The summed E-state index contributed by atoms with van der Waals surface area (Å²) in [6, 6.07) is 14.7. The summed E-state index contributed by atoms with van der Waals surface area (Å²) in [6.45, 7) is 3.92. The van der Waals surface area contributed by atoms with Gasteiger partial charge in [-0.3, -0.25) is 4.79 Å². The molecular formula is C23H23N5O4. The zero-order valence-corrected chi connectivity index (χ0v) is 18.2. The summed E-state index contributed by atoms with van der Waals surface area (Å²) in [5.41, 5.74) is 2.93. The van der Waals surface area contributed by atoms with E-state index in [1.807, 2.05) is 49.4 Å². The molecule has 0 bridgehead atoms. The highest BCUT2D eigenvalue weighted by molar-refractivity contribution is 6.03. The lowest BCUT2D eigenvalue weighted by atomic mass is 10.2. The first kappa shape index (κ1) is 21.1. The van der Waals surface area contributed by atoms with Crippen LogP contribution in [0.2, 0.25) is 0 Å². The maximum absolute atomic E-state index is 12.6. The highest BCUT2D eigenvalue weighted by Crippen LogP contribution is 2.38. The van der Waals surface area contributed by atoms with Crippen LogP contribution in [-0.4, -0.2) is 40.1 Å². The van der Waals surface area contributed by atoms with Crippen molar-refractivity contribution in [3.8, 4) is 23.0 Å². The van der Waals surface area contributed by atoms with Crippen LogP contribution in [0.5, 0.6) is 11.5 Å². The van der Waals surface area contributed by atoms with Gasteiger partial charge >= 0.3 is 0 Å². The molecule has 0 atom stereocenters. The molecule has 4 rings (SSSR count). The van der Waals surface area contributed by atoms with Crippen LogP contribution < -0.4 is 14.8 Å². The summed E-state index contributed by atoms with van der Waals surface area (Å²) in [5.74, 6) is 1.85. The Balaban J connectivity index is 1.58. The first-order valence-corrected chi connectivity index (χ1v) is 9.96. The maximum atomic E-state index is 12.6. The smallest absolute Gasteiger partial charge is 0.278 e. The quantitative estimate of drug-likeness (QED) is 0.472. The van der Waals surface area contributed by atoms with E-state index in [1.165, 1.54) is 0 Å². The number of nitrogens with zero attached hydrogens (tertiary/aromatic N) is 4. The number of anilines is 1. The molecule has 0 fully saturated rings. The zero-order chi connectivity index (χ0) is 22.7. The Kier molecular flexibility index (Phi) is 5.89. The highest BCUT2D eigenvalue weighted by Gasteiger charge is 2.21. The van der Waals surface area contributed by atoms with Crippen LogP contribution in [0.4, 0.5) is 5.69 Å². The number of hydrogen-bond acceptors (Lipinski definition) is 7. The van der Waals surface area contributed by atoms with Gasteiger partial charge < -0.3 is 19.2 Å². The largest absolute Gasteiger partial charge is 0.493 e. The average molecular weight is 433 g/mol. The predicted molar refractivity (Wildman–Crippen MR) is 118 cm³/mol. The monoisotopic (exact) mass is 433 g/mol. The molecule has 0 spiro atoms. The van der Waals surface area contributed by atoms with Crippen LogP contribution in [0.3, 0.4) is 0 Å². The van der Waals surface area contributed by atoms with Crippen molar-refractivity contribution in [1.82, 2.24) is 20.0 Å². The van der Waals surface area contributed by atoms with Crippen LogP contribution in [0.15, 0.2) is 52.9 Å². The van der Waals surface area contributed by atoms with Crippen LogP contribution in [0, 0.1) is 13.8 Å². The lowest BCUT2D eigenvalue weighted by Crippen LogP contribution is -2.14. The third-order valence-electron chi connectivity index (χ3n) is 5.05. The minimum absolute atomic E-state index is 0.254. The molecule has 0 aliphatic carbocycles. The van der Waals surface area contributed by atoms with Crippen molar-refractivity contribution < 1.29 is 18.7 Å². The Morgan fingerprint density at radius 1 is 1.06 bits per heavy atom. The van der Waals surface area contributed by atoms with Crippen LogP contribution >= 0.6 is 0 Å². The standard InChI is InChI=1S/C23H23N5O4/c1-14-20(22(29)24-16-9-6-5-7-10-16)26-27-28(14)13-18-15(2)32-23(25-18)17-11-8-12-19(30-3)21(17)31-4/h5-12H,13H2,1-4H3,(H,24,29). The number of oxazole rings is 1. The van der Waals surface area contributed by atoms with E-state index in [0.717, 1.165) is 0 Å². The molecule has 2 aromatic carbocycles. The Morgan fingerprint density at radius 2 is 1.84 bits per heavy atom. The lowest BCUT2D eigenvalue weighted by molar-refractivity contribution is 0.102. The molecule has 9 nitrogen and oxygen atoms in total. The highest BCUT2D eigenvalue weighted by atomic mass is 16.5. The predicted octanol–water partition coefficient (Wildman–Crippen LogP) is 3.87. The third kappa shape index (κ3) is 4.04. The Labute approximate surface area is 185 Å². The van der Waals surface area contributed by atoms with E-state index in [-0.39, 0.29) is 11.6 Å². The fourth-order valence-electron chi connectivity index (χ4n) is 3.32. The van der Waals surface area contributed by atoms with Crippen molar-refractivity contribution in [3.05, 3.63) is 71.4 Å². The van der Waals surface area contributed by atoms with Gasteiger partial charge in [-0.05, 0) is 38.1 Å². The summed E-state index contributed by atoms with van der Waals surface area (Å²) in [4.78, 5) is 17.2. The average Bonchev–Trinajstić information content (AvgIpc) is 3.36. The molecule has 1 N–H and O–H groups in total. The maximum Gasteiger partial charge on any atom is 0.278 e. The molecule has 0 aliphatic rings. The van der Waals surface area contributed by atoms with Gasteiger partial charge in [-0.2, -0.15) is 0 Å². The number of benzene rings is 2. The first-order chi connectivity index (χ1) is 15.5. The summed E-state index contributed by atoms with van der Waals surface area (Å²) >= 11 is 0. The Hall–Kier alpha value is -4.14. The van der Waals surface area contributed by atoms with Gasteiger partial charge in [0.2, 0.25) is 5.89 Å². The van der Waals surface area contributed by atoms with Crippen molar-refractivity contribution in [3.63, 3.8) is 0 Å². The number of rotatable bonds is 7. The Bertz CT molecular complexity index is 1250. The molecule has 2 heterocycles. The molecule has 32 heavy (non-hydrogen) atoms. The second kappa shape index (κ2) is 8.93. The molecular weight excluding hydrogens is 410 g/mol. The number of aromatic nitrogens is 4. The number of hydrogen-bond donors (Lipinski definition) is 1. The van der Waals surface area contributed by atoms with Crippen molar-refractivity contribution >= 4 is 11.6 Å². The topological polar surface area (TPSA) is 104 Å². The minimum atomic E-state index is -0.321. The fraction of sp³-hybridized carbons (Fsp3) is 0.217. The molecule has 2 aromatic heterocycles. The van der Waals surface area contributed by atoms with Gasteiger partial charge in [0, 0.05) is 5.69 Å². The van der Waals surface area contributed by atoms with E-state index in [4.69, 9.17) is 13.9 Å². The van der Waals surface area contributed by atoms with Gasteiger partial charge in [-0.25, -0.2) is 9.67 Å². The van der Waals surface area contributed by atoms with Crippen molar-refractivity contribution in [2.24, 2.45) is 0 Å². The van der Waals surface area contributed by atoms with E-state index in [0.29, 0.717) is 52.3 Å². The Morgan fingerprint density at radius 3 is 2.56 bits per heavy atom. The van der Waals surface area contributed by atoms with Gasteiger partial charge in [0.05, 0.1) is 32.0 Å². The van der Waals surface area contributed by atoms with Gasteiger partial charge in [0.25, 0.3) is 5.91 Å². The molecule has 164 valence electrons. The van der Waals surface area contributed by atoms with E-state index >= 15 is 0 Å². The summed E-state index contributed by atoms with van der Waals surface area (Å²) < 4.78 is 18.4. The van der Waals surface area contributed by atoms with E-state index < -0.39 is 0 Å². The summed E-state index contributed by atoms with van der Waals surface area (Å²) in [5, 5.41) is 11.0. The fourth-order valence-corrected chi connectivity index (χ4v) is 3.32. The van der Waals surface area contributed by atoms with E-state index in [2.05, 4.69) is 20.6 Å². The van der Waals surface area contributed by atoms with Gasteiger partial charge in [-0.15, -0.1) is 5.10 Å². The first-order valence-electron chi connectivity index (χ1n) is 9.96. The molecule has 0 unspecified atom stereocenters. The molecule has 0 saturated heterocycles. The normalized spacial score (nSPS) is 10.8. The second-order valence-electron chi connectivity index (χ2n) is 7.06. The minimum Gasteiger partial charge on any atom is -0.493 e. The summed E-state index contributed by atoms with van der Waals surface area (Å²) in [6.07, 6.45) is 0. The molecule has 9 heteroatoms. The number of para-hydroxylation sites is 2. The molecule has 4 aromatic rings. The SMILES string of the molecule is COc1cccc(-c2nc(Cn3nnc(C(=O)Nc4ccccc4)c3C)c(C)o2)c1OC. The number of ether oxygens (including phenoxy) is 2. The number of aryl methyl sites for hydroxylation is 1. The summed E-state index contributed by atoms with van der Waals surface area (Å²) in [7, 11) is 3.14. The molecule has 1 amide bonds. The van der Waals surface area contributed by atoms with E-state index in [1.54, 1.807) is 31.9 Å². The molecule has 0 saturated carbocycles. The number of amides is 1. The second-order valence-corrected chi connectivity index (χ2v) is 7.06. The lowest BCUT2D eigenvalue weighted by Gasteiger charge is -2.09. The van der Waals surface area contributed by atoms with Gasteiger partial charge in [0.1, 0.15) is 11.5 Å². The van der Waals surface area contributed by atoms with E-state index in [9.17, 15) is 4.79 Å². The number of nitrogens with one attached hydrogen (secondary N) is 1. The van der Waals surface area contributed by atoms with Gasteiger partial charge in [0.15, 0.2) is 17.2 Å².